The first-order valence-corrected chi connectivity index (χ1v) is 7.86. The van der Waals surface area contributed by atoms with E-state index < -0.39 is 0 Å². The zero-order valence-electron chi connectivity index (χ0n) is 12.9. The van der Waals surface area contributed by atoms with Crippen molar-refractivity contribution in [1.82, 2.24) is 0 Å². The van der Waals surface area contributed by atoms with E-state index in [4.69, 9.17) is 9.47 Å². The summed E-state index contributed by atoms with van der Waals surface area (Å²) in [5.74, 6) is 2.27. The smallest absolute Gasteiger partial charge is 0.123 e. The molecule has 2 aromatic rings. The fourth-order valence-electron chi connectivity index (χ4n) is 2.08. The first-order chi connectivity index (χ1) is 10.0. The molecule has 2 nitrogen and oxygen atoms in total. The molecule has 2 aromatic carbocycles. The fraction of sp³-hybridized carbons (Fsp3) is 0.333. The molecule has 21 heavy (non-hydrogen) atoms. The van der Waals surface area contributed by atoms with Gasteiger partial charge in [-0.25, -0.2) is 0 Å². The van der Waals surface area contributed by atoms with Crippen molar-refractivity contribution >= 4 is 15.9 Å². The van der Waals surface area contributed by atoms with E-state index in [1.807, 2.05) is 18.2 Å². The molecule has 0 N–H and O–H groups in total. The third kappa shape index (κ3) is 4.01. The second kappa shape index (κ2) is 6.99. The van der Waals surface area contributed by atoms with Crippen molar-refractivity contribution in [3.63, 3.8) is 0 Å². The molecule has 0 unspecified atom stereocenters. The van der Waals surface area contributed by atoms with E-state index in [9.17, 15) is 0 Å². The van der Waals surface area contributed by atoms with E-state index >= 15 is 0 Å². The Kier molecular flexibility index (Phi) is 5.29. The molecular weight excluding hydrogens is 328 g/mol. The standard InChI is InChI=1S/C18H21BrO2/c1-12(2)14-6-5-13(3)18(10-14)21-11-15-9-16(20-4)7-8-17(15)19/h5-10,12H,11H2,1-4H3. The second-order valence-corrected chi connectivity index (χ2v) is 6.28. The first kappa shape index (κ1) is 15.9. The Bertz CT molecular complexity index is 621. The summed E-state index contributed by atoms with van der Waals surface area (Å²) in [4.78, 5) is 0. The number of methoxy groups -OCH3 is 1. The molecule has 0 saturated carbocycles. The summed E-state index contributed by atoms with van der Waals surface area (Å²) in [5.41, 5.74) is 3.52. The van der Waals surface area contributed by atoms with E-state index in [0.29, 0.717) is 12.5 Å². The molecule has 2 rings (SSSR count). The monoisotopic (exact) mass is 348 g/mol. The molecule has 3 heteroatoms. The van der Waals surface area contributed by atoms with Gasteiger partial charge in [0.15, 0.2) is 0 Å². The average Bonchev–Trinajstić information content (AvgIpc) is 2.47. The van der Waals surface area contributed by atoms with Gasteiger partial charge in [-0.05, 0) is 48.2 Å². The van der Waals surface area contributed by atoms with Crippen LogP contribution in [0.1, 0.15) is 36.5 Å². The Balaban J connectivity index is 2.18. The molecule has 0 saturated heterocycles. The number of benzene rings is 2. The maximum absolute atomic E-state index is 6.01. The fourth-order valence-corrected chi connectivity index (χ4v) is 2.44. The van der Waals surface area contributed by atoms with Crippen LogP contribution in [0.5, 0.6) is 11.5 Å². The van der Waals surface area contributed by atoms with Crippen LogP contribution in [-0.2, 0) is 6.61 Å². The number of hydrogen-bond donors (Lipinski definition) is 0. The van der Waals surface area contributed by atoms with Gasteiger partial charge >= 0.3 is 0 Å². The van der Waals surface area contributed by atoms with Crippen molar-refractivity contribution in [1.29, 1.82) is 0 Å². The predicted octanol–water partition coefficient (Wildman–Crippen LogP) is 5.47. The van der Waals surface area contributed by atoms with Crippen LogP contribution in [0.15, 0.2) is 40.9 Å². The van der Waals surface area contributed by atoms with Gasteiger partial charge in [0.1, 0.15) is 18.1 Å². The topological polar surface area (TPSA) is 18.5 Å². The van der Waals surface area contributed by atoms with Crippen molar-refractivity contribution in [2.45, 2.75) is 33.3 Å². The van der Waals surface area contributed by atoms with Crippen LogP contribution in [0, 0.1) is 6.92 Å². The van der Waals surface area contributed by atoms with Crippen LogP contribution in [0.4, 0.5) is 0 Å². The Morgan fingerprint density at radius 2 is 1.86 bits per heavy atom. The van der Waals surface area contributed by atoms with E-state index in [0.717, 1.165) is 27.1 Å². The van der Waals surface area contributed by atoms with Crippen LogP contribution >= 0.6 is 15.9 Å². The van der Waals surface area contributed by atoms with Gasteiger partial charge in [0.2, 0.25) is 0 Å². The van der Waals surface area contributed by atoms with Crippen molar-refractivity contribution in [3.8, 4) is 11.5 Å². The lowest BCUT2D eigenvalue weighted by Gasteiger charge is -2.14. The average molecular weight is 349 g/mol. The minimum Gasteiger partial charge on any atom is -0.497 e. The van der Waals surface area contributed by atoms with Crippen molar-refractivity contribution < 1.29 is 9.47 Å². The second-order valence-electron chi connectivity index (χ2n) is 5.43. The molecule has 0 amide bonds. The maximum atomic E-state index is 6.01. The van der Waals surface area contributed by atoms with Gasteiger partial charge in [-0.2, -0.15) is 0 Å². The van der Waals surface area contributed by atoms with Crippen LogP contribution in [-0.4, -0.2) is 7.11 Å². The van der Waals surface area contributed by atoms with Gasteiger partial charge in [-0.1, -0.05) is 41.9 Å². The number of aryl methyl sites for hydroxylation is 1. The lowest BCUT2D eigenvalue weighted by Crippen LogP contribution is -2.00. The molecule has 0 aliphatic carbocycles. The van der Waals surface area contributed by atoms with Gasteiger partial charge in [0.25, 0.3) is 0 Å². The van der Waals surface area contributed by atoms with Crippen LogP contribution in [0.25, 0.3) is 0 Å². The summed E-state index contributed by atoms with van der Waals surface area (Å²) >= 11 is 3.55. The van der Waals surface area contributed by atoms with Gasteiger partial charge in [-0.15, -0.1) is 0 Å². The minimum absolute atomic E-state index is 0.497. The molecule has 0 aliphatic heterocycles. The van der Waals surface area contributed by atoms with E-state index in [-0.39, 0.29) is 0 Å². The lowest BCUT2D eigenvalue weighted by molar-refractivity contribution is 0.302. The summed E-state index contributed by atoms with van der Waals surface area (Å²) < 4.78 is 12.3. The zero-order chi connectivity index (χ0) is 15.4. The van der Waals surface area contributed by atoms with E-state index in [1.165, 1.54) is 5.56 Å². The maximum Gasteiger partial charge on any atom is 0.123 e. The molecule has 0 bridgehead atoms. The quantitative estimate of drug-likeness (QED) is 0.713. The molecular formula is C18H21BrO2. The van der Waals surface area contributed by atoms with Gasteiger partial charge < -0.3 is 9.47 Å². The summed E-state index contributed by atoms with van der Waals surface area (Å²) in [5, 5.41) is 0. The minimum atomic E-state index is 0.497. The molecule has 0 aromatic heterocycles. The Hall–Kier alpha value is -1.48. The number of hydrogen-bond acceptors (Lipinski definition) is 2. The van der Waals surface area contributed by atoms with Gasteiger partial charge in [-0.3, -0.25) is 0 Å². The summed E-state index contributed by atoms with van der Waals surface area (Å²) in [7, 11) is 1.67. The van der Waals surface area contributed by atoms with Crippen LogP contribution < -0.4 is 9.47 Å². The zero-order valence-corrected chi connectivity index (χ0v) is 14.5. The Morgan fingerprint density at radius 3 is 2.52 bits per heavy atom. The molecule has 0 spiro atoms. The highest BCUT2D eigenvalue weighted by Crippen LogP contribution is 2.27. The molecule has 0 atom stereocenters. The summed E-state index contributed by atoms with van der Waals surface area (Å²) in [6.45, 7) is 6.96. The van der Waals surface area contributed by atoms with Crippen LogP contribution in [0.3, 0.4) is 0 Å². The third-order valence-electron chi connectivity index (χ3n) is 3.51. The van der Waals surface area contributed by atoms with Gasteiger partial charge in [0.05, 0.1) is 7.11 Å². The largest absolute Gasteiger partial charge is 0.497 e. The van der Waals surface area contributed by atoms with E-state index in [1.54, 1.807) is 7.11 Å². The Labute approximate surface area is 135 Å². The molecule has 0 heterocycles. The lowest BCUT2D eigenvalue weighted by atomic mass is 10.0. The number of rotatable bonds is 5. The Morgan fingerprint density at radius 1 is 1.10 bits per heavy atom. The highest BCUT2D eigenvalue weighted by molar-refractivity contribution is 9.10. The first-order valence-electron chi connectivity index (χ1n) is 7.07. The van der Waals surface area contributed by atoms with Gasteiger partial charge in [0, 0.05) is 10.0 Å². The van der Waals surface area contributed by atoms with Crippen LogP contribution in [0.2, 0.25) is 0 Å². The predicted molar refractivity (Wildman–Crippen MR) is 90.3 cm³/mol. The summed E-state index contributed by atoms with van der Waals surface area (Å²) in [6, 6.07) is 12.3. The highest BCUT2D eigenvalue weighted by atomic mass is 79.9. The number of ether oxygens (including phenoxy) is 2. The third-order valence-corrected chi connectivity index (χ3v) is 4.29. The number of halogens is 1. The van der Waals surface area contributed by atoms with Crippen molar-refractivity contribution in [2.75, 3.05) is 7.11 Å². The van der Waals surface area contributed by atoms with Crippen molar-refractivity contribution in [2.24, 2.45) is 0 Å². The SMILES string of the molecule is COc1ccc(Br)c(COc2cc(C(C)C)ccc2C)c1. The van der Waals surface area contributed by atoms with Crippen molar-refractivity contribution in [3.05, 3.63) is 57.6 Å². The molecule has 0 radical (unpaired) electrons. The molecule has 112 valence electrons. The highest BCUT2D eigenvalue weighted by Gasteiger charge is 2.07. The normalized spacial score (nSPS) is 10.8. The van der Waals surface area contributed by atoms with E-state index in [2.05, 4.69) is 54.9 Å². The molecule has 0 fully saturated rings. The molecule has 0 aliphatic rings. The summed E-state index contributed by atoms with van der Waals surface area (Å²) in [6.07, 6.45) is 0.